The van der Waals surface area contributed by atoms with Crippen LogP contribution in [0.3, 0.4) is 0 Å². The third-order valence-corrected chi connectivity index (χ3v) is 4.47. The third-order valence-electron chi connectivity index (χ3n) is 4.47. The van der Waals surface area contributed by atoms with Gasteiger partial charge in [0.1, 0.15) is 5.75 Å². The SMILES string of the molecule is CCCCCCCOc1ccc(C(=O)Nc2ccccc2C(=O)NC(C)C)cc1. The normalized spacial score (nSPS) is 10.6. The average Bonchev–Trinajstić information content (AvgIpc) is 2.71. The summed E-state index contributed by atoms with van der Waals surface area (Å²) in [4.78, 5) is 24.9. The number of hydrogen-bond donors (Lipinski definition) is 2. The highest BCUT2D eigenvalue weighted by Crippen LogP contribution is 2.18. The number of anilines is 1. The van der Waals surface area contributed by atoms with Gasteiger partial charge in [0, 0.05) is 11.6 Å². The van der Waals surface area contributed by atoms with Crippen LogP contribution in [-0.4, -0.2) is 24.5 Å². The van der Waals surface area contributed by atoms with Gasteiger partial charge in [-0.15, -0.1) is 0 Å². The molecule has 2 aromatic carbocycles. The minimum atomic E-state index is -0.263. The molecule has 0 aliphatic heterocycles. The maximum atomic E-state index is 12.6. The van der Waals surface area contributed by atoms with Crippen molar-refractivity contribution in [1.82, 2.24) is 5.32 Å². The molecular formula is C24H32N2O3. The zero-order valence-electron chi connectivity index (χ0n) is 17.7. The van der Waals surface area contributed by atoms with Gasteiger partial charge in [0.2, 0.25) is 0 Å². The predicted molar refractivity (Wildman–Crippen MR) is 118 cm³/mol. The highest BCUT2D eigenvalue weighted by Gasteiger charge is 2.14. The van der Waals surface area contributed by atoms with E-state index in [0.29, 0.717) is 23.4 Å². The van der Waals surface area contributed by atoms with E-state index >= 15 is 0 Å². The maximum Gasteiger partial charge on any atom is 0.255 e. The van der Waals surface area contributed by atoms with E-state index in [-0.39, 0.29) is 17.9 Å². The number of para-hydroxylation sites is 1. The smallest absolute Gasteiger partial charge is 0.255 e. The largest absolute Gasteiger partial charge is 0.494 e. The van der Waals surface area contributed by atoms with Crippen molar-refractivity contribution in [1.29, 1.82) is 0 Å². The van der Waals surface area contributed by atoms with E-state index in [1.807, 2.05) is 13.8 Å². The first-order chi connectivity index (χ1) is 14.0. The maximum absolute atomic E-state index is 12.6. The zero-order chi connectivity index (χ0) is 21.1. The first kappa shape index (κ1) is 22.5. The molecule has 0 aliphatic rings. The van der Waals surface area contributed by atoms with Gasteiger partial charge in [-0.05, 0) is 56.7 Å². The van der Waals surface area contributed by atoms with E-state index in [1.54, 1.807) is 48.5 Å². The Kier molecular flexibility index (Phi) is 9.22. The molecule has 2 aromatic rings. The van der Waals surface area contributed by atoms with Crippen LogP contribution >= 0.6 is 0 Å². The van der Waals surface area contributed by atoms with Crippen molar-refractivity contribution in [3.63, 3.8) is 0 Å². The van der Waals surface area contributed by atoms with E-state index in [2.05, 4.69) is 17.6 Å². The van der Waals surface area contributed by atoms with Crippen molar-refractivity contribution >= 4 is 17.5 Å². The van der Waals surface area contributed by atoms with Crippen LogP contribution in [0.2, 0.25) is 0 Å². The van der Waals surface area contributed by atoms with E-state index < -0.39 is 0 Å². The lowest BCUT2D eigenvalue weighted by Gasteiger charge is -2.13. The molecule has 0 atom stereocenters. The molecule has 0 saturated heterocycles. The van der Waals surface area contributed by atoms with Crippen LogP contribution in [0.25, 0.3) is 0 Å². The number of nitrogens with one attached hydrogen (secondary N) is 2. The first-order valence-electron chi connectivity index (χ1n) is 10.5. The monoisotopic (exact) mass is 396 g/mol. The number of unbranched alkanes of at least 4 members (excludes halogenated alkanes) is 4. The third kappa shape index (κ3) is 7.60. The zero-order valence-corrected chi connectivity index (χ0v) is 17.7. The van der Waals surface area contributed by atoms with Crippen LogP contribution in [0.5, 0.6) is 5.75 Å². The van der Waals surface area contributed by atoms with Gasteiger partial charge in [-0.1, -0.05) is 44.7 Å². The second-order valence-corrected chi connectivity index (χ2v) is 7.41. The van der Waals surface area contributed by atoms with Crippen molar-refractivity contribution in [3.8, 4) is 5.75 Å². The molecule has 5 heteroatoms. The van der Waals surface area contributed by atoms with Gasteiger partial charge in [-0.3, -0.25) is 9.59 Å². The van der Waals surface area contributed by atoms with Gasteiger partial charge in [0.25, 0.3) is 11.8 Å². The molecule has 0 aliphatic carbocycles. The average molecular weight is 397 g/mol. The molecule has 0 spiro atoms. The summed E-state index contributed by atoms with van der Waals surface area (Å²) in [5.41, 5.74) is 1.44. The van der Waals surface area contributed by atoms with E-state index in [0.717, 1.165) is 12.2 Å². The lowest BCUT2D eigenvalue weighted by Crippen LogP contribution is -2.31. The molecule has 0 aromatic heterocycles. The molecule has 0 bridgehead atoms. The van der Waals surface area contributed by atoms with Gasteiger partial charge in [-0.2, -0.15) is 0 Å². The van der Waals surface area contributed by atoms with Crippen molar-refractivity contribution in [2.75, 3.05) is 11.9 Å². The minimum Gasteiger partial charge on any atom is -0.494 e. The summed E-state index contributed by atoms with van der Waals surface area (Å²) >= 11 is 0. The molecule has 0 heterocycles. The number of benzene rings is 2. The van der Waals surface area contributed by atoms with Crippen molar-refractivity contribution in [2.45, 2.75) is 58.9 Å². The predicted octanol–water partition coefficient (Wildman–Crippen LogP) is 5.43. The van der Waals surface area contributed by atoms with Crippen LogP contribution < -0.4 is 15.4 Å². The Morgan fingerprint density at radius 3 is 2.28 bits per heavy atom. The highest BCUT2D eigenvalue weighted by atomic mass is 16.5. The minimum absolute atomic E-state index is 0.0189. The summed E-state index contributed by atoms with van der Waals surface area (Å²) in [5, 5.41) is 5.68. The van der Waals surface area contributed by atoms with Crippen molar-refractivity contribution < 1.29 is 14.3 Å². The molecule has 2 rings (SSSR count). The second kappa shape index (κ2) is 11.9. The van der Waals surface area contributed by atoms with E-state index in [4.69, 9.17) is 4.74 Å². The number of hydrogen-bond acceptors (Lipinski definition) is 3. The Hall–Kier alpha value is -2.82. The topological polar surface area (TPSA) is 67.4 Å². The quantitative estimate of drug-likeness (QED) is 0.498. The number of amides is 2. The summed E-state index contributed by atoms with van der Waals surface area (Å²) in [6.07, 6.45) is 5.97. The molecule has 0 saturated carbocycles. The van der Waals surface area contributed by atoms with Gasteiger partial charge < -0.3 is 15.4 Å². The Morgan fingerprint density at radius 2 is 1.59 bits per heavy atom. The Morgan fingerprint density at radius 1 is 0.897 bits per heavy atom. The van der Waals surface area contributed by atoms with E-state index in [1.165, 1.54) is 25.7 Å². The molecule has 5 nitrogen and oxygen atoms in total. The van der Waals surface area contributed by atoms with Crippen molar-refractivity contribution in [3.05, 3.63) is 59.7 Å². The van der Waals surface area contributed by atoms with Gasteiger partial charge in [0.15, 0.2) is 0 Å². The lowest BCUT2D eigenvalue weighted by molar-refractivity contribution is 0.0944. The van der Waals surface area contributed by atoms with Crippen LogP contribution in [-0.2, 0) is 0 Å². The lowest BCUT2D eigenvalue weighted by atomic mass is 10.1. The van der Waals surface area contributed by atoms with Crippen LogP contribution in [0, 0.1) is 0 Å². The van der Waals surface area contributed by atoms with Crippen LogP contribution in [0.4, 0.5) is 5.69 Å². The fraction of sp³-hybridized carbons (Fsp3) is 0.417. The molecule has 0 fully saturated rings. The molecule has 29 heavy (non-hydrogen) atoms. The number of carbonyl (C=O) groups excluding carboxylic acids is 2. The molecule has 156 valence electrons. The first-order valence-corrected chi connectivity index (χ1v) is 10.5. The van der Waals surface area contributed by atoms with Crippen LogP contribution in [0.1, 0.15) is 73.6 Å². The molecule has 2 amide bonds. The summed E-state index contributed by atoms with van der Waals surface area (Å²) in [5.74, 6) is 0.285. The fourth-order valence-electron chi connectivity index (χ4n) is 2.92. The highest BCUT2D eigenvalue weighted by molar-refractivity contribution is 6.09. The van der Waals surface area contributed by atoms with Crippen LogP contribution in [0.15, 0.2) is 48.5 Å². The molecule has 2 N–H and O–H groups in total. The standard InChI is InChI=1S/C24H32N2O3/c1-4-5-6-7-10-17-29-20-15-13-19(14-16-20)23(27)26-22-12-9-8-11-21(22)24(28)25-18(2)3/h8-9,11-16,18H,4-7,10,17H2,1-3H3,(H,25,28)(H,26,27). The van der Waals surface area contributed by atoms with Gasteiger partial charge in [0.05, 0.1) is 17.9 Å². The Bertz CT molecular complexity index is 785. The summed E-state index contributed by atoms with van der Waals surface area (Å²) in [6, 6.07) is 14.1. The second-order valence-electron chi connectivity index (χ2n) is 7.41. The van der Waals surface area contributed by atoms with Gasteiger partial charge >= 0.3 is 0 Å². The number of ether oxygens (including phenoxy) is 1. The number of carbonyl (C=O) groups is 2. The number of rotatable bonds is 11. The molecule has 0 unspecified atom stereocenters. The Balaban J connectivity index is 1.92. The molecule has 0 radical (unpaired) electrons. The Labute approximate surface area is 173 Å². The summed E-state index contributed by atoms with van der Waals surface area (Å²) < 4.78 is 5.74. The summed E-state index contributed by atoms with van der Waals surface area (Å²) in [7, 11) is 0. The van der Waals surface area contributed by atoms with Crippen molar-refractivity contribution in [2.24, 2.45) is 0 Å². The van der Waals surface area contributed by atoms with Gasteiger partial charge in [-0.25, -0.2) is 0 Å². The molecular weight excluding hydrogens is 364 g/mol. The fourth-order valence-corrected chi connectivity index (χ4v) is 2.92. The van der Waals surface area contributed by atoms with E-state index in [9.17, 15) is 9.59 Å². The summed E-state index contributed by atoms with van der Waals surface area (Å²) in [6.45, 7) is 6.68.